The Bertz CT molecular complexity index is 239. The molecule has 0 atom stereocenters. The monoisotopic (exact) mass is 231 g/mol. The van der Waals surface area contributed by atoms with Crippen LogP contribution in [0.5, 0.6) is 0 Å². The Morgan fingerprint density at radius 2 is 1.93 bits per heavy atom. The van der Waals surface area contributed by atoms with E-state index in [4.69, 9.17) is 18.0 Å². The van der Waals surface area contributed by atoms with Gasteiger partial charge in [-0.1, -0.05) is 13.8 Å². The van der Waals surface area contributed by atoms with E-state index in [1.807, 2.05) is 0 Å². The molecule has 0 fully saturated rings. The van der Waals surface area contributed by atoms with Crippen LogP contribution in [-0.2, 0) is 4.79 Å². The van der Waals surface area contributed by atoms with Gasteiger partial charge in [-0.05, 0) is 32.0 Å². The van der Waals surface area contributed by atoms with Crippen molar-refractivity contribution >= 4 is 23.2 Å². The van der Waals surface area contributed by atoms with Crippen molar-refractivity contribution in [1.29, 1.82) is 0 Å². The van der Waals surface area contributed by atoms with Gasteiger partial charge in [-0.3, -0.25) is 4.79 Å². The standard InChI is InChI=1S/C10H21N3OS/c1-7(2)5-12-9(15)13-6-10(3,4)8(11)14/h7H,5-6H2,1-4H3,(H2,11,14)(H2,12,13,15). The normalized spacial score (nSPS) is 11.3. The number of hydrogen-bond acceptors (Lipinski definition) is 2. The molecule has 88 valence electrons. The van der Waals surface area contributed by atoms with Crippen LogP contribution in [-0.4, -0.2) is 24.1 Å². The lowest BCUT2D eigenvalue weighted by atomic mass is 9.93. The first-order valence-corrected chi connectivity index (χ1v) is 5.48. The fourth-order valence-corrected chi connectivity index (χ4v) is 0.903. The summed E-state index contributed by atoms with van der Waals surface area (Å²) in [7, 11) is 0. The Kier molecular flexibility index (Phi) is 5.57. The van der Waals surface area contributed by atoms with E-state index in [0.29, 0.717) is 17.6 Å². The Labute approximate surface area is 97.0 Å². The summed E-state index contributed by atoms with van der Waals surface area (Å²) < 4.78 is 0. The lowest BCUT2D eigenvalue weighted by Crippen LogP contribution is -2.46. The van der Waals surface area contributed by atoms with Crippen molar-refractivity contribution in [2.45, 2.75) is 27.7 Å². The summed E-state index contributed by atoms with van der Waals surface area (Å²) in [5.41, 5.74) is 4.66. The van der Waals surface area contributed by atoms with Crippen LogP contribution in [0.15, 0.2) is 0 Å². The van der Waals surface area contributed by atoms with Gasteiger partial charge in [0.25, 0.3) is 0 Å². The molecule has 0 bridgehead atoms. The van der Waals surface area contributed by atoms with Crippen molar-refractivity contribution < 1.29 is 4.79 Å². The molecular weight excluding hydrogens is 210 g/mol. The average Bonchev–Trinajstić information content (AvgIpc) is 2.11. The predicted octanol–water partition coefficient (Wildman–Crippen LogP) is 0.618. The maximum absolute atomic E-state index is 11.0. The van der Waals surface area contributed by atoms with Crippen LogP contribution in [0.25, 0.3) is 0 Å². The summed E-state index contributed by atoms with van der Waals surface area (Å²) in [6.45, 7) is 9.04. The van der Waals surface area contributed by atoms with Crippen LogP contribution in [0, 0.1) is 11.3 Å². The number of primary amides is 1. The second-order valence-corrected chi connectivity index (χ2v) is 5.11. The zero-order valence-corrected chi connectivity index (χ0v) is 10.7. The minimum atomic E-state index is -0.580. The van der Waals surface area contributed by atoms with E-state index in [-0.39, 0.29) is 5.91 Å². The van der Waals surface area contributed by atoms with Gasteiger partial charge < -0.3 is 16.4 Å². The van der Waals surface area contributed by atoms with Crippen LogP contribution in [0.4, 0.5) is 0 Å². The zero-order valence-electron chi connectivity index (χ0n) is 9.89. The highest BCUT2D eigenvalue weighted by Gasteiger charge is 2.24. The molecule has 15 heavy (non-hydrogen) atoms. The first kappa shape index (κ1) is 14.2. The van der Waals surface area contributed by atoms with Crippen molar-refractivity contribution in [3.63, 3.8) is 0 Å². The Balaban J connectivity index is 3.85. The van der Waals surface area contributed by atoms with E-state index in [2.05, 4.69) is 24.5 Å². The second-order valence-electron chi connectivity index (χ2n) is 4.71. The van der Waals surface area contributed by atoms with E-state index >= 15 is 0 Å². The fraction of sp³-hybridized carbons (Fsp3) is 0.800. The Hall–Kier alpha value is -0.840. The molecule has 4 nitrogen and oxygen atoms in total. The van der Waals surface area contributed by atoms with Crippen LogP contribution < -0.4 is 16.4 Å². The summed E-state index contributed by atoms with van der Waals surface area (Å²) in [5, 5.41) is 6.61. The largest absolute Gasteiger partial charge is 0.369 e. The molecule has 0 radical (unpaired) electrons. The van der Waals surface area contributed by atoms with Crippen LogP contribution in [0.3, 0.4) is 0 Å². The number of thiocarbonyl (C=S) groups is 1. The number of carbonyl (C=O) groups excluding carboxylic acids is 1. The smallest absolute Gasteiger partial charge is 0.224 e. The van der Waals surface area contributed by atoms with Gasteiger partial charge in [-0.15, -0.1) is 0 Å². The van der Waals surface area contributed by atoms with Gasteiger partial charge >= 0.3 is 0 Å². The van der Waals surface area contributed by atoms with E-state index in [1.54, 1.807) is 13.8 Å². The van der Waals surface area contributed by atoms with Crippen molar-refractivity contribution in [1.82, 2.24) is 10.6 Å². The summed E-state index contributed by atoms with van der Waals surface area (Å²) in [4.78, 5) is 11.0. The van der Waals surface area contributed by atoms with Crippen LogP contribution in [0.1, 0.15) is 27.7 Å². The van der Waals surface area contributed by atoms with E-state index in [0.717, 1.165) is 6.54 Å². The zero-order chi connectivity index (χ0) is 12.1. The molecule has 0 aromatic rings. The summed E-state index contributed by atoms with van der Waals surface area (Å²) in [6, 6.07) is 0. The van der Waals surface area contributed by atoms with Gasteiger partial charge in [0.05, 0.1) is 5.41 Å². The summed E-state index contributed by atoms with van der Waals surface area (Å²) in [6.07, 6.45) is 0. The van der Waals surface area contributed by atoms with Crippen LogP contribution >= 0.6 is 12.2 Å². The molecule has 0 spiro atoms. The number of amides is 1. The third-order valence-electron chi connectivity index (χ3n) is 2.03. The highest BCUT2D eigenvalue weighted by atomic mass is 32.1. The lowest BCUT2D eigenvalue weighted by Gasteiger charge is -2.22. The SMILES string of the molecule is CC(C)CNC(=S)NCC(C)(C)C(N)=O. The number of rotatable bonds is 5. The number of carbonyl (C=O) groups is 1. The van der Waals surface area contributed by atoms with Crippen molar-refractivity contribution in [2.24, 2.45) is 17.1 Å². The van der Waals surface area contributed by atoms with Crippen molar-refractivity contribution in [3.8, 4) is 0 Å². The van der Waals surface area contributed by atoms with Crippen molar-refractivity contribution in [3.05, 3.63) is 0 Å². The summed E-state index contributed by atoms with van der Waals surface area (Å²) >= 11 is 5.05. The molecule has 4 N–H and O–H groups in total. The van der Waals surface area contributed by atoms with E-state index < -0.39 is 5.41 Å². The molecule has 5 heteroatoms. The third kappa shape index (κ3) is 6.28. The van der Waals surface area contributed by atoms with Gasteiger partial charge in [0.15, 0.2) is 5.11 Å². The third-order valence-corrected chi connectivity index (χ3v) is 2.32. The van der Waals surface area contributed by atoms with E-state index in [1.165, 1.54) is 0 Å². The van der Waals surface area contributed by atoms with Gasteiger partial charge in [0.1, 0.15) is 0 Å². The topological polar surface area (TPSA) is 67.2 Å². The maximum Gasteiger partial charge on any atom is 0.224 e. The molecule has 0 aromatic heterocycles. The lowest BCUT2D eigenvalue weighted by molar-refractivity contribution is -0.125. The fourth-order valence-electron chi connectivity index (χ4n) is 0.748. The van der Waals surface area contributed by atoms with Gasteiger partial charge in [0.2, 0.25) is 5.91 Å². The molecular formula is C10H21N3OS. The number of nitrogens with two attached hydrogens (primary N) is 1. The second kappa shape index (κ2) is 5.90. The first-order chi connectivity index (χ1) is 6.75. The highest BCUT2D eigenvalue weighted by molar-refractivity contribution is 7.80. The van der Waals surface area contributed by atoms with E-state index in [9.17, 15) is 4.79 Å². The molecule has 0 unspecified atom stereocenters. The molecule has 0 heterocycles. The number of nitrogens with one attached hydrogen (secondary N) is 2. The molecule has 0 rings (SSSR count). The molecule has 0 saturated carbocycles. The molecule has 0 aliphatic rings. The Morgan fingerprint density at radius 3 is 2.33 bits per heavy atom. The molecule has 0 aliphatic carbocycles. The molecule has 1 amide bonds. The minimum Gasteiger partial charge on any atom is -0.369 e. The minimum absolute atomic E-state index is 0.332. The molecule has 0 saturated heterocycles. The number of hydrogen-bond donors (Lipinski definition) is 3. The quantitative estimate of drug-likeness (QED) is 0.607. The molecule has 0 aromatic carbocycles. The first-order valence-electron chi connectivity index (χ1n) is 5.07. The summed E-state index contributed by atoms with van der Waals surface area (Å²) in [5.74, 6) is 0.204. The molecule has 0 aliphatic heterocycles. The maximum atomic E-state index is 11.0. The highest BCUT2D eigenvalue weighted by Crippen LogP contribution is 2.11. The van der Waals surface area contributed by atoms with Gasteiger partial charge in [-0.2, -0.15) is 0 Å². The van der Waals surface area contributed by atoms with Gasteiger partial charge in [-0.25, -0.2) is 0 Å². The average molecular weight is 231 g/mol. The van der Waals surface area contributed by atoms with Gasteiger partial charge in [0, 0.05) is 13.1 Å². The predicted molar refractivity (Wildman–Crippen MR) is 66.4 cm³/mol. The Morgan fingerprint density at radius 1 is 1.40 bits per heavy atom. The van der Waals surface area contributed by atoms with Crippen molar-refractivity contribution in [2.75, 3.05) is 13.1 Å². The van der Waals surface area contributed by atoms with Crippen LogP contribution in [0.2, 0.25) is 0 Å².